The van der Waals surface area contributed by atoms with Crippen LogP contribution in [0.3, 0.4) is 0 Å². The second-order valence-corrected chi connectivity index (χ2v) is 6.55. The van der Waals surface area contributed by atoms with Crippen molar-refractivity contribution in [3.63, 3.8) is 0 Å². The third-order valence-corrected chi connectivity index (χ3v) is 4.92. The molecule has 0 radical (unpaired) electrons. The fourth-order valence-corrected chi connectivity index (χ4v) is 3.21. The van der Waals surface area contributed by atoms with Crippen LogP contribution in [-0.2, 0) is 7.05 Å². The summed E-state index contributed by atoms with van der Waals surface area (Å²) in [4.78, 5) is 19.5. The number of nitrogens with one attached hydrogen (secondary N) is 1. The summed E-state index contributed by atoms with van der Waals surface area (Å²) in [5, 5.41) is 13.7. The molecule has 1 aliphatic heterocycles. The van der Waals surface area contributed by atoms with E-state index in [1.165, 1.54) is 15.3 Å². The zero-order valence-corrected chi connectivity index (χ0v) is 15.6. The maximum atomic E-state index is 12.9. The number of rotatable bonds is 5. The highest BCUT2D eigenvalue weighted by molar-refractivity contribution is 7.71. The van der Waals surface area contributed by atoms with E-state index in [4.69, 9.17) is 12.2 Å². The summed E-state index contributed by atoms with van der Waals surface area (Å²) in [6, 6.07) is 9.16. The topological polar surface area (TPSA) is 74.8 Å². The Morgan fingerprint density at radius 2 is 1.96 bits per heavy atom. The van der Waals surface area contributed by atoms with Crippen molar-refractivity contribution < 1.29 is 5.11 Å². The zero-order valence-electron chi connectivity index (χ0n) is 14.8. The molecule has 1 aromatic heterocycles. The van der Waals surface area contributed by atoms with Gasteiger partial charge >= 0.3 is 0 Å². The Hall–Kier alpha value is -2.29. The van der Waals surface area contributed by atoms with Gasteiger partial charge in [0.25, 0.3) is 5.56 Å². The van der Waals surface area contributed by atoms with Crippen molar-refractivity contribution in [2.24, 2.45) is 12.0 Å². The number of nitrogens with zero attached hydrogens (tertiary/aromatic N) is 4. The third-order valence-electron chi connectivity index (χ3n) is 4.46. The van der Waals surface area contributed by atoms with Gasteiger partial charge in [0, 0.05) is 46.0 Å². The molecule has 1 saturated heterocycles. The molecule has 3 rings (SSSR count). The predicted molar refractivity (Wildman–Crippen MR) is 105 cm³/mol. The maximum Gasteiger partial charge on any atom is 0.271 e. The van der Waals surface area contributed by atoms with Crippen molar-refractivity contribution in [1.29, 1.82) is 0 Å². The number of hydrogen-bond donors (Lipinski definition) is 2. The molecule has 2 N–H and O–H groups in total. The molecular weight excluding hydrogens is 350 g/mol. The first-order valence-corrected chi connectivity index (χ1v) is 9.03. The van der Waals surface area contributed by atoms with E-state index in [9.17, 15) is 9.90 Å². The van der Waals surface area contributed by atoms with Crippen LogP contribution >= 0.6 is 12.2 Å². The minimum absolute atomic E-state index is 0.144. The van der Waals surface area contributed by atoms with Crippen LogP contribution in [0.25, 0.3) is 5.69 Å². The monoisotopic (exact) mass is 373 g/mol. The molecule has 2 heterocycles. The fourth-order valence-electron chi connectivity index (χ4n) is 2.93. The van der Waals surface area contributed by atoms with Crippen molar-refractivity contribution in [1.82, 2.24) is 19.4 Å². The van der Waals surface area contributed by atoms with Crippen molar-refractivity contribution in [3.8, 4) is 11.6 Å². The molecule has 7 nitrogen and oxygen atoms in total. The average Bonchev–Trinajstić information content (AvgIpc) is 2.67. The van der Waals surface area contributed by atoms with Gasteiger partial charge in [-0.15, -0.1) is 0 Å². The fraction of sp³-hybridized carbons (Fsp3) is 0.389. The summed E-state index contributed by atoms with van der Waals surface area (Å²) >= 11 is 5.34. The first-order chi connectivity index (χ1) is 12.6. The molecule has 0 bridgehead atoms. The van der Waals surface area contributed by atoms with Crippen molar-refractivity contribution in [3.05, 3.63) is 51.0 Å². The van der Waals surface area contributed by atoms with Gasteiger partial charge in [0.05, 0.1) is 12.2 Å². The summed E-state index contributed by atoms with van der Waals surface area (Å²) in [5.74, 6) is -0.168. The molecule has 0 atom stereocenters. The summed E-state index contributed by atoms with van der Waals surface area (Å²) < 4.78 is 3.06. The number of aliphatic imine (C=N–C) groups is 1. The van der Waals surface area contributed by atoms with Crippen LogP contribution in [0, 0.1) is 4.77 Å². The van der Waals surface area contributed by atoms with Crippen LogP contribution in [0.2, 0.25) is 0 Å². The Kier molecular flexibility index (Phi) is 5.97. The second kappa shape index (κ2) is 8.39. The van der Waals surface area contributed by atoms with E-state index < -0.39 is 0 Å². The Bertz CT molecular complexity index is 898. The lowest BCUT2D eigenvalue weighted by atomic mass is 10.3. The molecule has 138 valence electrons. The molecule has 0 spiro atoms. The summed E-state index contributed by atoms with van der Waals surface area (Å²) in [7, 11) is 1.63. The summed E-state index contributed by atoms with van der Waals surface area (Å²) in [6.07, 6.45) is 1.45. The first-order valence-electron chi connectivity index (χ1n) is 8.63. The van der Waals surface area contributed by atoms with Gasteiger partial charge in [-0.05, 0) is 24.4 Å². The zero-order chi connectivity index (χ0) is 18.5. The molecular formula is C18H23N5O2S. The van der Waals surface area contributed by atoms with Crippen LogP contribution < -0.4 is 10.9 Å². The van der Waals surface area contributed by atoms with Gasteiger partial charge in [-0.25, -0.2) is 0 Å². The highest BCUT2D eigenvalue weighted by Crippen LogP contribution is 2.14. The predicted octanol–water partition coefficient (Wildman–Crippen LogP) is 0.935. The third kappa shape index (κ3) is 3.92. The largest absolute Gasteiger partial charge is 0.494 e. The molecule has 1 fully saturated rings. The van der Waals surface area contributed by atoms with Gasteiger partial charge in [-0.2, -0.15) is 0 Å². The van der Waals surface area contributed by atoms with Crippen LogP contribution in [0.5, 0.6) is 5.88 Å². The van der Waals surface area contributed by atoms with Gasteiger partial charge in [0.2, 0.25) is 5.88 Å². The Labute approximate surface area is 157 Å². The van der Waals surface area contributed by atoms with Crippen molar-refractivity contribution in [2.45, 2.75) is 0 Å². The van der Waals surface area contributed by atoms with Crippen LogP contribution in [0.1, 0.15) is 5.56 Å². The molecule has 2 aromatic rings. The quantitative estimate of drug-likeness (QED) is 0.603. The van der Waals surface area contributed by atoms with E-state index in [0.29, 0.717) is 12.2 Å². The number of benzene rings is 1. The van der Waals surface area contributed by atoms with E-state index in [1.807, 2.05) is 18.2 Å². The lowest BCUT2D eigenvalue weighted by molar-refractivity contribution is 0.248. The SMILES string of the molecule is Cn1c(O)c(C=NCCN2CCNCC2)c(=O)n(-c2ccccc2)c1=S. The highest BCUT2D eigenvalue weighted by Gasteiger charge is 2.14. The second-order valence-electron chi connectivity index (χ2n) is 6.18. The number of aromatic nitrogens is 2. The molecule has 8 heteroatoms. The minimum atomic E-state index is -0.372. The Morgan fingerprint density at radius 3 is 2.65 bits per heavy atom. The van der Waals surface area contributed by atoms with Crippen molar-refractivity contribution >= 4 is 18.4 Å². The molecule has 1 aliphatic rings. The molecule has 1 aromatic carbocycles. The molecule has 0 saturated carbocycles. The number of piperazine rings is 1. The normalized spacial score (nSPS) is 15.6. The van der Waals surface area contributed by atoms with Crippen LogP contribution in [-0.4, -0.2) is 64.6 Å². The first kappa shape index (κ1) is 18.5. The van der Waals surface area contributed by atoms with Crippen LogP contribution in [0.4, 0.5) is 0 Å². The van der Waals surface area contributed by atoms with E-state index in [-0.39, 0.29) is 21.8 Å². The van der Waals surface area contributed by atoms with Crippen molar-refractivity contribution in [2.75, 3.05) is 39.3 Å². The van der Waals surface area contributed by atoms with Gasteiger partial charge in [0.15, 0.2) is 4.77 Å². The lowest BCUT2D eigenvalue weighted by Crippen LogP contribution is -2.44. The number of hydrogen-bond acceptors (Lipinski definition) is 6. The Morgan fingerprint density at radius 1 is 1.27 bits per heavy atom. The van der Waals surface area contributed by atoms with E-state index in [2.05, 4.69) is 15.2 Å². The van der Waals surface area contributed by atoms with Gasteiger partial charge in [-0.1, -0.05) is 18.2 Å². The molecule has 0 amide bonds. The minimum Gasteiger partial charge on any atom is -0.494 e. The number of aromatic hydroxyl groups is 1. The van der Waals surface area contributed by atoms with Crippen LogP contribution in [0.15, 0.2) is 40.1 Å². The highest BCUT2D eigenvalue weighted by atomic mass is 32.1. The maximum absolute atomic E-state index is 12.9. The van der Waals surface area contributed by atoms with Gasteiger partial charge in [-0.3, -0.25) is 23.8 Å². The molecule has 26 heavy (non-hydrogen) atoms. The smallest absolute Gasteiger partial charge is 0.271 e. The molecule has 0 aliphatic carbocycles. The average molecular weight is 373 g/mol. The van der Waals surface area contributed by atoms with Gasteiger partial charge < -0.3 is 10.4 Å². The Balaban J connectivity index is 1.87. The van der Waals surface area contributed by atoms with Gasteiger partial charge in [0.1, 0.15) is 5.56 Å². The van der Waals surface area contributed by atoms with E-state index in [1.54, 1.807) is 19.2 Å². The van der Waals surface area contributed by atoms with E-state index >= 15 is 0 Å². The number of para-hydroxylation sites is 1. The molecule has 0 unspecified atom stereocenters. The standard InChI is InChI=1S/C18H23N5O2S/c1-21-16(24)15(13-20-9-12-22-10-7-19-8-11-22)17(25)23(18(21)26)14-5-3-2-4-6-14/h2-6,13,19,24H,7-12H2,1H3. The van der Waals surface area contributed by atoms with E-state index in [0.717, 1.165) is 32.7 Å². The summed E-state index contributed by atoms with van der Waals surface area (Å²) in [5.41, 5.74) is 0.432. The lowest BCUT2D eigenvalue weighted by Gasteiger charge is -2.26. The summed E-state index contributed by atoms with van der Waals surface area (Å²) in [6.45, 7) is 5.38.